The number of nitrogens with one attached hydrogen (secondary N) is 2. The fourth-order valence-electron chi connectivity index (χ4n) is 6.78. The van der Waals surface area contributed by atoms with Crippen LogP contribution in [0.3, 0.4) is 0 Å². The van der Waals surface area contributed by atoms with E-state index in [2.05, 4.69) is 83.6 Å². The lowest BCUT2D eigenvalue weighted by Gasteiger charge is -2.54. The normalized spacial score (nSPS) is 23.3. The summed E-state index contributed by atoms with van der Waals surface area (Å²) in [6.07, 6.45) is 7.60. The van der Waals surface area contributed by atoms with Gasteiger partial charge in [0.15, 0.2) is 0 Å². The van der Waals surface area contributed by atoms with Gasteiger partial charge in [0.05, 0.1) is 6.04 Å². The van der Waals surface area contributed by atoms with Gasteiger partial charge in [0.2, 0.25) is 5.91 Å². The molecule has 1 amide bonds. The number of unbranched alkanes of at least 4 members (excludes halogenated alkanes) is 1. The van der Waals surface area contributed by atoms with E-state index in [0.717, 1.165) is 58.2 Å². The molecule has 1 unspecified atom stereocenters. The predicted octanol–water partition coefficient (Wildman–Crippen LogP) is 6.03. The molecule has 0 radical (unpaired) electrons. The Morgan fingerprint density at radius 2 is 1.91 bits per heavy atom. The van der Waals surface area contributed by atoms with E-state index < -0.39 is 0 Å². The first kappa shape index (κ1) is 23.2. The van der Waals surface area contributed by atoms with Crippen LogP contribution in [0.15, 0.2) is 54.6 Å². The second-order valence-electron chi connectivity index (χ2n) is 10.4. The Bertz CT molecular complexity index is 1120. The van der Waals surface area contributed by atoms with Gasteiger partial charge < -0.3 is 10.3 Å². The molecule has 1 saturated heterocycles. The monoisotopic (exact) mass is 457 g/mol. The predicted molar refractivity (Wildman–Crippen MR) is 140 cm³/mol. The van der Waals surface area contributed by atoms with Crippen LogP contribution in [0.4, 0.5) is 0 Å². The summed E-state index contributed by atoms with van der Waals surface area (Å²) >= 11 is 0. The summed E-state index contributed by atoms with van der Waals surface area (Å²) in [6.45, 7) is 7.47. The van der Waals surface area contributed by atoms with Crippen LogP contribution in [0.1, 0.15) is 68.8 Å². The van der Waals surface area contributed by atoms with E-state index in [0.29, 0.717) is 6.04 Å². The number of benzene rings is 2. The summed E-state index contributed by atoms with van der Waals surface area (Å²) in [6, 6.07) is 19.6. The van der Waals surface area contributed by atoms with Crippen LogP contribution in [0.2, 0.25) is 0 Å². The highest BCUT2D eigenvalue weighted by molar-refractivity contribution is 5.85. The molecular weight excluding hydrogens is 418 g/mol. The average Bonchev–Trinajstić information content (AvgIpc) is 3.27. The van der Waals surface area contributed by atoms with Crippen molar-refractivity contribution in [2.75, 3.05) is 19.6 Å². The molecule has 0 bridgehead atoms. The van der Waals surface area contributed by atoms with Gasteiger partial charge in [-0.05, 0) is 68.7 Å². The molecule has 180 valence electrons. The summed E-state index contributed by atoms with van der Waals surface area (Å²) in [4.78, 5) is 19.9. The number of carbonyl (C=O) groups is 1. The third kappa shape index (κ3) is 4.17. The lowest BCUT2D eigenvalue weighted by atomic mass is 9.61. The van der Waals surface area contributed by atoms with Crippen molar-refractivity contribution in [3.8, 4) is 0 Å². The molecule has 5 rings (SSSR count). The number of fused-ring (bicyclic) bond motifs is 5. The highest BCUT2D eigenvalue weighted by Gasteiger charge is 2.52. The Labute approximate surface area is 204 Å². The molecule has 3 atom stereocenters. The molecule has 1 aromatic heterocycles. The topological polar surface area (TPSA) is 48.1 Å². The number of nitrogens with zero attached hydrogens (tertiary/aromatic N) is 1. The highest BCUT2D eigenvalue weighted by atomic mass is 16.1. The number of aromatic nitrogens is 1. The van der Waals surface area contributed by atoms with Crippen LogP contribution in [0, 0.1) is 11.3 Å². The maximum atomic E-state index is 13.5. The Hall–Kier alpha value is -2.59. The lowest BCUT2D eigenvalue weighted by Crippen LogP contribution is -2.54. The van der Waals surface area contributed by atoms with E-state index in [1.165, 1.54) is 34.1 Å². The van der Waals surface area contributed by atoms with Crippen LogP contribution in [0.5, 0.6) is 0 Å². The first-order chi connectivity index (χ1) is 16.6. The quantitative estimate of drug-likeness (QED) is 0.406. The van der Waals surface area contributed by atoms with E-state index in [1.54, 1.807) is 0 Å². The largest absolute Gasteiger partial charge is 0.357 e. The minimum absolute atomic E-state index is 0.0169. The van der Waals surface area contributed by atoms with Crippen molar-refractivity contribution < 1.29 is 4.79 Å². The van der Waals surface area contributed by atoms with Gasteiger partial charge >= 0.3 is 0 Å². The van der Waals surface area contributed by atoms with Crippen LogP contribution >= 0.6 is 0 Å². The maximum absolute atomic E-state index is 13.5. The molecule has 34 heavy (non-hydrogen) atoms. The molecule has 0 aliphatic carbocycles. The maximum Gasteiger partial charge on any atom is 0.223 e. The molecule has 2 N–H and O–H groups in total. The second-order valence-corrected chi connectivity index (χ2v) is 10.4. The number of hydrogen-bond donors (Lipinski definition) is 2. The van der Waals surface area contributed by atoms with Crippen molar-refractivity contribution in [2.24, 2.45) is 11.3 Å². The van der Waals surface area contributed by atoms with Gasteiger partial charge in [-0.3, -0.25) is 9.69 Å². The van der Waals surface area contributed by atoms with Crippen molar-refractivity contribution in [2.45, 2.75) is 64.8 Å². The first-order valence-corrected chi connectivity index (χ1v) is 13.3. The third-order valence-corrected chi connectivity index (χ3v) is 8.71. The molecule has 4 heteroatoms. The van der Waals surface area contributed by atoms with Crippen molar-refractivity contribution in [3.05, 3.63) is 71.4 Å². The summed E-state index contributed by atoms with van der Waals surface area (Å²) in [5, 5.41) is 4.67. The van der Waals surface area contributed by atoms with Crippen LogP contribution in [0.25, 0.3) is 10.9 Å². The third-order valence-electron chi connectivity index (χ3n) is 8.71. The molecule has 2 aliphatic heterocycles. The van der Waals surface area contributed by atoms with E-state index in [4.69, 9.17) is 0 Å². The Kier molecular flexibility index (Phi) is 6.78. The Morgan fingerprint density at radius 3 is 2.74 bits per heavy atom. The number of carbonyl (C=O) groups excluding carboxylic acids is 1. The van der Waals surface area contributed by atoms with Gasteiger partial charge in [0.25, 0.3) is 0 Å². The summed E-state index contributed by atoms with van der Waals surface area (Å²) in [7, 11) is 0. The Morgan fingerprint density at radius 1 is 1.12 bits per heavy atom. The second kappa shape index (κ2) is 9.95. The van der Waals surface area contributed by atoms with E-state index in [9.17, 15) is 4.79 Å². The number of aryl methyl sites for hydroxylation is 1. The van der Waals surface area contributed by atoms with Gasteiger partial charge in [0, 0.05) is 41.0 Å². The summed E-state index contributed by atoms with van der Waals surface area (Å²) in [5.74, 6) is 0.212. The molecule has 1 fully saturated rings. The number of para-hydroxylation sites is 1. The number of H-pyrrole nitrogens is 1. The smallest absolute Gasteiger partial charge is 0.223 e. The van der Waals surface area contributed by atoms with Crippen molar-refractivity contribution in [1.29, 1.82) is 0 Å². The molecule has 2 aliphatic rings. The van der Waals surface area contributed by atoms with E-state index in [-0.39, 0.29) is 17.2 Å². The standard InChI is InChI=1S/C30H39N3O/c1-3-30(22(2)29(34)31-19-10-9-14-23-12-5-4-6-13-23)18-11-20-33-21-17-25-24-15-7-8-16-26(24)32-27(25)28(30)33/h4-8,12-13,15-16,22,28,32H,3,9-11,14,17-21H2,1-2H3,(H,31,34)/t22?,28-,30+/m1/s1. The van der Waals surface area contributed by atoms with Crippen molar-refractivity contribution in [3.63, 3.8) is 0 Å². The molecular formula is C30H39N3O. The number of aromatic amines is 1. The van der Waals surface area contributed by atoms with Gasteiger partial charge in [-0.15, -0.1) is 0 Å². The highest BCUT2D eigenvalue weighted by Crippen LogP contribution is 2.55. The fraction of sp³-hybridized carbons (Fsp3) is 0.500. The fourth-order valence-corrected chi connectivity index (χ4v) is 6.78. The number of rotatable bonds is 8. The number of hydrogen-bond acceptors (Lipinski definition) is 2. The zero-order valence-electron chi connectivity index (χ0n) is 20.8. The van der Waals surface area contributed by atoms with Crippen LogP contribution < -0.4 is 5.32 Å². The zero-order chi connectivity index (χ0) is 23.5. The molecule has 4 nitrogen and oxygen atoms in total. The number of piperidine rings is 1. The van der Waals surface area contributed by atoms with Gasteiger partial charge in [-0.1, -0.05) is 62.4 Å². The SMILES string of the molecule is CC[C@@]1(C(C)C(=O)NCCCCc2ccccc2)CCCN2CCc3c([nH]c4ccccc34)[C@@H]21. The van der Waals surface area contributed by atoms with Crippen molar-refractivity contribution >= 4 is 16.8 Å². The van der Waals surface area contributed by atoms with Gasteiger partial charge in [-0.2, -0.15) is 0 Å². The van der Waals surface area contributed by atoms with Gasteiger partial charge in [0.1, 0.15) is 0 Å². The molecule has 0 saturated carbocycles. The molecule has 3 heterocycles. The molecule has 3 aromatic rings. The lowest BCUT2D eigenvalue weighted by molar-refractivity contribution is -0.134. The minimum atomic E-state index is -0.0393. The average molecular weight is 458 g/mol. The first-order valence-electron chi connectivity index (χ1n) is 13.3. The molecule has 0 spiro atoms. The van der Waals surface area contributed by atoms with Crippen molar-refractivity contribution in [1.82, 2.24) is 15.2 Å². The Balaban J connectivity index is 1.30. The molecule has 2 aromatic carbocycles. The summed E-state index contributed by atoms with van der Waals surface area (Å²) in [5.41, 5.74) is 5.42. The summed E-state index contributed by atoms with van der Waals surface area (Å²) < 4.78 is 0. The number of amides is 1. The van der Waals surface area contributed by atoms with E-state index in [1.807, 2.05) is 0 Å². The minimum Gasteiger partial charge on any atom is -0.357 e. The zero-order valence-corrected chi connectivity index (χ0v) is 20.8. The van der Waals surface area contributed by atoms with Crippen LogP contribution in [-0.4, -0.2) is 35.4 Å². The van der Waals surface area contributed by atoms with E-state index >= 15 is 0 Å². The van der Waals surface area contributed by atoms with Gasteiger partial charge in [-0.25, -0.2) is 0 Å². The van der Waals surface area contributed by atoms with Crippen LogP contribution in [-0.2, 0) is 17.6 Å².